The summed E-state index contributed by atoms with van der Waals surface area (Å²) in [5.74, 6) is 1.39. The quantitative estimate of drug-likeness (QED) is 0.248. The first-order chi connectivity index (χ1) is 18.2. The van der Waals surface area contributed by atoms with Crippen molar-refractivity contribution in [2.24, 2.45) is 0 Å². The number of fused-ring (bicyclic) bond motifs is 1. The number of hydrogen-bond donors (Lipinski definition) is 1. The predicted octanol–water partition coefficient (Wildman–Crippen LogP) is 6.55. The van der Waals surface area contributed by atoms with Crippen molar-refractivity contribution in [3.63, 3.8) is 0 Å². The first-order valence-corrected chi connectivity index (χ1v) is 13.6. The number of nitrogens with zero attached hydrogens (tertiary/aromatic N) is 5. The van der Waals surface area contributed by atoms with E-state index in [-0.39, 0.29) is 0 Å². The van der Waals surface area contributed by atoms with Gasteiger partial charge in [-0.05, 0) is 70.2 Å². The fraction of sp³-hybridized carbons (Fsp3) is 0.233. The largest absolute Gasteiger partial charge is 0.366 e. The van der Waals surface area contributed by atoms with Gasteiger partial charge in [0.2, 0.25) is 0 Å². The van der Waals surface area contributed by atoms with Gasteiger partial charge in [0.25, 0.3) is 0 Å². The SMILES string of the molecule is Brc1cnn2c(NCc3cccnc3)cc(C3CCN(Cc4ccc(-c5ccccc5)cc4)CC3)nc12. The van der Waals surface area contributed by atoms with E-state index in [1.807, 2.05) is 23.0 Å². The van der Waals surface area contributed by atoms with Crippen LogP contribution in [0.4, 0.5) is 5.82 Å². The van der Waals surface area contributed by atoms with Crippen molar-refractivity contribution in [2.75, 3.05) is 18.4 Å². The minimum absolute atomic E-state index is 0.433. The Morgan fingerprint density at radius 1 is 0.865 bits per heavy atom. The Hall–Kier alpha value is -3.55. The number of halogens is 1. The van der Waals surface area contributed by atoms with E-state index in [0.717, 1.165) is 59.7 Å². The van der Waals surface area contributed by atoms with E-state index in [1.165, 1.54) is 16.7 Å². The fourth-order valence-electron chi connectivity index (χ4n) is 5.06. The number of nitrogens with one attached hydrogen (secondary N) is 1. The Labute approximate surface area is 225 Å². The molecule has 1 saturated heterocycles. The van der Waals surface area contributed by atoms with Crippen LogP contribution in [0.3, 0.4) is 0 Å². The lowest BCUT2D eigenvalue weighted by Gasteiger charge is -2.32. The van der Waals surface area contributed by atoms with E-state index in [9.17, 15) is 0 Å². The summed E-state index contributed by atoms with van der Waals surface area (Å²) in [4.78, 5) is 11.8. The number of anilines is 1. The van der Waals surface area contributed by atoms with Crippen molar-refractivity contribution in [3.05, 3.63) is 113 Å². The summed E-state index contributed by atoms with van der Waals surface area (Å²) in [5, 5.41) is 8.07. The van der Waals surface area contributed by atoms with Gasteiger partial charge < -0.3 is 5.32 Å². The highest BCUT2D eigenvalue weighted by molar-refractivity contribution is 9.10. The molecule has 4 heterocycles. The standard InChI is InChI=1S/C30H29BrN6/c31-27-20-34-37-29(33-19-23-5-4-14-32-18-23)17-28(35-30(27)37)26-12-15-36(16-13-26)21-22-8-10-25(11-9-22)24-6-2-1-3-7-24/h1-11,14,17-18,20,26,33H,12-13,15-16,19,21H2. The van der Waals surface area contributed by atoms with Crippen molar-refractivity contribution in [1.82, 2.24) is 24.5 Å². The lowest BCUT2D eigenvalue weighted by Crippen LogP contribution is -2.32. The maximum absolute atomic E-state index is 5.00. The zero-order valence-corrected chi connectivity index (χ0v) is 22.2. The average molecular weight is 554 g/mol. The normalized spacial score (nSPS) is 14.7. The number of rotatable bonds is 7. The third kappa shape index (κ3) is 5.43. The molecular weight excluding hydrogens is 524 g/mol. The molecule has 7 heteroatoms. The summed E-state index contributed by atoms with van der Waals surface area (Å²) in [5.41, 5.74) is 7.01. The van der Waals surface area contributed by atoms with E-state index in [2.05, 4.69) is 103 Å². The summed E-state index contributed by atoms with van der Waals surface area (Å²) in [6.45, 7) is 3.80. The van der Waals surface area contributed by atoms with Crippen molar-refractivity contribution in [3.8, 4) is 11.1 Å². The van der Waals surface area contributed by atoms with Crippen LogP contribution in [-0.4, -0.2) is 37.6 Å². The molecule has 37 heavy (non-hydrogen) atoms. The van der Waals surface area contributed by atoms with Crippen molar-refractivity contribution in [1.29, 1.82) is 0 Å². The van der Waals surface area contributed by atoms with Crippen LogP contribution in [0.5, 0.6) is 0 Å². The molecule has 0 radical (unpaired) electrons. The van der Waals surface area contributed by atoms with Gasteiger partial charge in [0.15, 0.2) is 5.65 Å². The number of benzene rings is 2. The minimum Gasteiger partial charge on any atom is -0.366 e. The molecule has 0 bridgehead atoms. The molecule has 6 nitrogen and oxygen atoms in total. The number of aromatic nitrogens is 4. The van der Waals surface area contributed by atoms with Crippen LogP contribution in [0.2, 0.25) is 0 Å². The molecule has 186 valence electrons. The van der Waals surface area contributed by atoms with E-state index < -0.39 is 0 Å². The zero-order chi connectivity index (χ0) is 25.0. The van der Waals surface area contributed by atoms with E-state index in [0.29, 0.717) is 12.5 Å². The van der Waals surface area contributed by atoms with Crippen molar-refractivity contribution < 1.29 is 0 Å². The first-order valence-electron chi connectivity index (χ1n) is 12.8. The van der Waals surface area contributed by atoms with Gasteiger partial charge in [-0.2, -0.15) is 9.61 Å². The number of piperidine rings is 1. The molecule has 1 N–H and O–H groups in total. The summed E-state index contributed by atoms with van der Waals surface area (Å²) < 4.78 is 2.79. The van der Waals surface area contributed by atoms with E-state index in [4.69, 9.17) is 4.98 Å². The van der Waals surface area contributed by atoms with E-state index >= 15 is 0 Å². The third-order valence-electron chi connectivity index (χ3n) is 7.12. The average Bonchev–Trinajstić information content (AvgIpc) is 3.34. The Bertz CT molecular complexity index is 1460. The molecular formula is C30H29BrN6. The molecule has 6 rings (SSSR count). The lowest BCUT2D eigenvalue weighted by molar-refractivity contribution is 0.203. The predicted molar refractivity (Wildman–Crippen MR) is 151 cm³/mol. The van der Waals surface area contributed by atoms with Gasteiger partial charge in [-0.25, -0.2) is 4.98 Å². The highest BCUT2D eigenvalue weighted by Gasteiger charge is 2.23. The second-order valence-corrected chi connectivity index (χ2v) is 10.5. The van der Waals surface area contributed by atoms with Gasteiger partial charge in [-0.1, -0.05) is 60.7 Å². The number of likely N-dealkylation sites (tertiary alicyclic amines) is 1. The van der Waals surface area contributed by atoms with Crippen LogP contribution in [0.1, 0.15) is 35.6 Å². The maximum Gasteiger partial charge on any atom is 0.171 e. The molecule has 3 aromatic heterocycles. The molecule has 0 aliphatic carbocycles. The Kier molecular flexibility index (Phi) is 6.97. The van der Waals surface area contributed by atoms with Crippen molar-refractivity contribution in [2.45, 2.75) is 31.8 Å². The molecule has 2 aromatic carbocycles. The van der Waals surface area contributed by atoms with Gasteiger partial charge in [-0.3, -0.25) is 9.88 Å². The molecule has 0 amide bonds. The maximum atomic E-state index is 5.00. The Morgan fingerprint density at radius 3 is 2.41 bits per heavy atom. The highest BCUT2D eigenvalue weighted by atomic mass is 79.9. The van der Waals surface area contributed by atoms with Gasteiger partial charge in [0.05, 0.1) is 10.7 Å². The summed E-state index contributed by atoms with van der Waals surface area (Å²) in [6.07, 6.45) is 7.68. The molecule has 0 atom stereocenters. The second kappa shape index (κ2) is 10.8. The fourth-order valence-corrected chi connectivity index (χ4v) is 5.41. The topological polar surface area (TPSA) is 58.4 Å². The number of pyridine rings is 1. The molecule has 1 fully saturated rings. The molecule has 0 saturated carbocycles. The summed E-state index contributed by atoms with van der Waals surface area (Å²) in [6, 6.07) is 25.8. The summed E-state index contributed by atoms with van der Waals surface area (Å²) in [7, 11) is 0. The van der Waals surface area contributed by atoms with Crippen LogP contribution in [0.25, 0.3) is 16.8 Å². The number of hydrogen-bond acceptors (Lipinski definition) is 5. The van der Waals surface area contributed by atoms with Crippen LogP contribution in [-0.2, 0) is 13.1 Å². The first kappa shape index (κ1) is 23.8. The molecule has 5 aromatic rings. The zero-order valence-electron chi connectivity index (χ0n) is 20.6. The summed E-state index contributed by atoms with van der Waals surface area (Å²) >= 11 is 3.63. The highest BCUT2D eigenvalue weighted by Crippen LogP contribution is 2.31. The van der Waals surface area contributed by atoms with Gasteiger partial charge in [0.1, 0.15) is 5.82 Å². The third-order valence-corrected chi connectivity index (χ3v) is 7.68. The Morgan fingerprint density at radius 2 is 1.65 bits per heavy atom. The van der Waals surface area contributed by atoms with Crippen LogP contribution in [0.15, 0.2) is 95.9 Å². The van der Waals surface area contributed by atoms with Crippen molar-refractivity contribution >= 4 is 27.4 Å². The van der Waals surface area contributed by atoms with Gasteiger partial charge in [-0.15, -0.1) is 0 Å². The molecule has 1 aliphatic heterocycles. The van der Waals surface area contributed by atoms with E-state index in [1.54, 1.807) is 6.20 Å². The van der Waals surface area contributed by atoms with Crippen LogP contribution < -0.4 is 5.32 Å². The lowest BCUT2D eigenvalue weighted by atomic mass is 9.92. The van der Waals surface area contributed by atoms with Gasteiger partial charge >= 0.3 is 0 Å². The van der Waals surface area contributed by atoms with Crippen LogP contribution >= 0.6 is 15.9 Å². The molecule has 0 spiro atoms. The molecule has 0 unspecified atom stereocenters. The second-order valence-electron chi connectivity index (χ2n) is 9.62. The monoisotopic (exact) mass is 552 g/mol. The smallest absolute Gasteiger partial charge is 0.171 e. The van der Waals surface area contributed by atoms with Gasteiger partial charge in [0, 0.05) is 43.2 Å². The molecule has 1 aliphatic rings. The Balaban J connectivity index is 1.12. The van der Waals surface area contributed by atoms with Crippen LogP contribution in [0, 0.1) is 0 Å². The minimum atomic E-state index is 0.433.